The third-order valence-electron chi connectivity index (χ3n) is 3.03. The second-order valence-electron chi connectivity index (χ2n) is 5.78. The van der Waals surface area contributed by atoms with Gasteiger partial charge in [0.05, 0.1) is 0 Å². The zero-order valence-electron chi connectivity index (χ0n) is 12.4. The highest BCUT2D eigenvalue weighted by molar-refractivity contribution is 5.96. The highest BCUT2D eigenvalue weighted by Gasteiger charge is 2.15. The molecule has 0 unspecified atom stereocenters. The van der Waals surface area contributed by atoms with E-state index in [1.807, 2.05) is 19.9 Å². The fourth-order valence-corrected chi connectivity index (χ4v) is 1.96. The molecule has 1 aromatic rings. The van der Waals surface area contributed by atoms with Gasteiger partial charge in [-0.15, -0.1) is 0 Å². The summed E-state index contributed by atoms with van der Waals surface area (Å²) in [5.41, 5.74) is 3.24. The van der Waals surface area contributed by atoms with Gasteiger partial charge in [-0.05, 0) is 42.9 Å². The quantitative estimate of drug-likeness (QED) is 0.853. The molecule has 2 heteroatoms. The predicted octanol–water partition coefficient (Wildman–Crippen LogP) is 4.07. The zero-order chi connectivity index (χ0) is 13.9. The topological polar surface area (TPSA) is 29.1 Å². The molecule has 0 aliphatic rings. The maximum absolute atomic E-state index is 12.2. The minimum atomic E-state index is 0.0315. The lowest BCUT2D eigenvalue weighted by atomic mass is 9.91. The van der Waals surface area contributed by atoms with Crippen LogP contribution in [0.4, 0.5) is 0 Å². The largest absolute Gasteiger partial charge is 0.350 e. The van der Waals surface area contributed by atoms with E-state index in [0.717, 1.165) is 11.1 Å². The molecule has 0 saturated heterocycles. The van der Waals surface area contributed by atoms with Crippen molar-refractivity contribution in [3.05, 3.63) is 34.9 Å². The van der Waals surface area contributed by atoms with Crippen molar-refractivity contribution in [2.45, 2.75) is 59.4 Å². The summed E-state index contributed by atoms with van der Waals surface area (Å²) in [4.78, 5) is 12.2. The number of carbonyl (C=O) groups is 1. The van der Waals surface area contributed by atoms with E-state index in [0.29, 0.717) is 11.8 Å². The van der Waals surface area contributed by atoms with Gasteiger partial charge in [-0.1, -0.05) is 39.8 Å². The molecule has 0 radical (unpaired) electrons. The summed E-state index contributed by atoms with van der Waals surface area (Å²) < 4.78 is 0. The fraction of sp³-hybridized carbons (Fsp3) is 0.562. The summed E-state index contributed by atoms with van der Waals surface area (Å²) in [7, 11) is 0. The molecule has 1 rings (SSSR count). The molecular weight excluding hydrogens is 222 g/mol. The summed E-state index contributed by atoms with van der Waals surface area (Å²) in [6, 6.07) is 6.36. The standard InChI is InChI=1S/C16H25NO/c1-10(2)13-7-8-14(15(9-13)11(3)4)16(18)17-12(5)6/h7-12H,1-6H3,(H,17,18). The second kappa shape index (κ2) is 6.03. The van der Waals surface area contributed by atoms with E-state index in [-0.39, 0.29) is 11.9 Å². The number of nitrogens with one attached hydrogen (secondary N) is 1. The average molecular weight is 247 g/mol. The summed E-state index contributed by atoms with van der Waals surface area (Å²) in [6.45, 7) is 12.6. The third kappa shape index (κ3) is 3.59. The first-order valence-corrected chi connectivity index (χ1v) is 6.77. The molecule has 0 atom stereocenters. The highest BCUT2D eigenvalue weighted by Crippen LogP contribution is 2.25. The van der Waals surface area contributed by atoms with Gasteiger partial charge < -0.3 is 5.32 Å². The number of amides is 1. The van der Waals surface area contributed by atoms with Gasteiger partial charge in [0.15, 0.2) is 0 Å². The van der Waals surface area contributed by atoms with Gasteiger partial charge in [-0.25, -0.2) is 0 Å². The van der Waals surface area contributed by atoms with Crippen LogP contribution < -0.4 is 5.32 Å². The lowest BCUT2D eigenvalue weighted by Crippen LogP contribution is -2.31. The average Bonchev–Trinajstić information content (AvgIpc) is 2.26. The van der Waals surface area contributed by atoms with E-state index in [4.69, 9.17) is 0 Å². The first kappa shape index (κ1) is 14.7. The molecule has 1 aromatic carbocycles. The van der Waals surface area contributed by atoms with Gasteiger partial charge in [0.25, 0.3) is 5.91 Å². The van der Waals surface area contributed by atoms with Crippen molar-refractivity contribution in [2.75, 3.05) is 0 Å². The maximum atomic E-state index is 12.2. The smallest absolute Gasteiger partial charge is 0.251 e. The van der Waals surface area contributed by atoms with E-state index < -0.39 is 0 Å². The lowest BCUT2D eigenvalue weighted by molar-refractivity contribution is 0.0942. The van der Waals surface area contributed by atoms with Gasteiger partial charge >= 0.3 is 0 Å². The second-order valence-corrected chi connectivity index (χ2v) is 5.78. The van der Waals surface area contributed by atoms with Crippen LogP contribution in [0.3, 0.4) is 0 Å². The Morgan fingerprint density at radius 1 is 1.00 bits per heavy atom. The third-order valence-corrected chi connectivity index (χ3v) is 3.03. The first-order valence-electron chi connectivity index (χ1n) is 6.77. The van der Waals surface area contributed by atoms with Crippen molar-refractivity contribution in [1.82, 2.24) is 5.32 Å². The van der Waals surface area contributed by atoms with Crippen molar-refractivity contribution in [1.29, 1.82) is 0 Å². The summed E-state index contributed by atoms with van der Waals surface area (Å²) in [5.74, 6) is 0.880. The Morgan fingerprint density at radius 2 is 1.61 bits per heavy atom. The summed E-state index contributed by atoms with van der Waals surface area (Å²) in [6.07, 6.45) is 0. The summed E-state index contributed by atoms with van der Waals surface area (Å²) in [5, 5.41) is 2.96. The molecule has 0 aliphatic carbocycles. The van der Waals surface area contributed by atoms with Crippen molar-refractivity contribution in [3.63, 3.8) is 0 Å². The van der Waals surface area contributed by atoms with E-state index in [2.05, 4.69) is 45.1 Å². The number of hydrogen-bond acceptors (Lipinski definition) is 1. The Bertz CT molecular complexity index is 419. The molecule has 2 nitrogen and oxygen atoms in total. The van der Waals surface area contributed by atoms with Gasteiger partial charge in [-0.2, -0.15) is 0 Å². The molecule has 0 aromatic heterocycles. The monoisotopic (exact) mass is 247 g/mol. The lowest BCUT2D eigenvalue weighted by Gasteiger charge is -2.17. The maximum Gasteiger partial charge on any atom is 0.251 e. The van der Waals surface area contributed by atoms with Gasteiger partial charge in [0.1, 0.15) is 0 Å². The number of carbonyl (C=O) groups excluding carboxylic acids is 1. The molecule has 18 heavy (non-hydrogen) atoms. The summed E-state index contributed by atoms with van der Waals surface area (Å²) >= 11 is 0. The van der Waals surface area contributed by atoms with Gasteiger partial charge in [0, 0.05) is 11.6 Å². The van der Waals surface area contributed by atoms with E-state index in [9.17, 15) is 4.79 Å². The Kier molecular flexibility index (Phi) is 4.94. The van der Waals surface area contributed by atoms with Crippen LogP contribution in [0.25, 0.3) is 0 Å². The normalized spacial score (nSPS) is 11.4. The van der Waals surface area contributed by atoms with E-state index in [1.54, 1.807) is 0 Å². The fourth-order valence-electron chi connectivity index (χ4n) is 1.96. The van der Waals surface area contributed by atoms with Gasteiger partial charge in [-0.3, -0.25) is 4.79 Å². The Hall–Kier alpha value is -1.31. The Morgan fingerprint density at radius 3 is 2.06 bits per heavy atom. The van der Waals surface area contributed by atoms with E-state index in [1.165, 1.54) is 5.56 Å². The predicted molar refractivity (Wildman–Crippen MR) is 77.2 cm³/mol. The van der Waals surface area contributed by atoms with Crippen LogP contribution in [-0.4, -0.2) is 11.9 Å². The van der Waals surface area contributed by atoms with Crippen LogP contribution in [0.5, 0.6) is 0 Å². The molecule has 100 valence electrons. The molecule has 0 saturated carbocycles. The van der Waals surface area contributed by atoms with Crippen molar-refractivity contribution in [3.8, 4) is 0 Å². The van der Waals surface area contributed by atoms with Crippen molar-refractivity contribution in [2.24, 2.45) is 0 Å². The molecule has 1 N–H and O–H groups in total. The number of benzene rings is 1. The number of rotatable bonds is 4. The molecule has 0 spiro atoms. The van der Waals surface area contributed by atoms with Crippen molar-refractivity contribution >= 4 is 5.91 Å². The zero-order valence-corrected chi connectivity index (χ0v) is 12.4. The first-order chi connectivity index (χ1) is 8.32. The minimum absolute atomic E-state index is 0.0315. The van der Waals surface area contributed by atoms with Crippen LogP contribution in [0.1, 0.15) is 74.9 Å². The minimum Gasteiger partial charge on any atom is -0.350 e. The van der Waals surface area contributed by atoms with Crippen LogP contribution in [0.2, 0.25) is 0 Å². The van der Waals surface area contributed by atoms with Crippen LogP contribution >= 0.6 is 0 Å². The SMILES string of the molecule is CC(C)NC(=O)c1ccc(C(C)C)cc1C(C)C. The molecular formula is C16H25NO. The van der Waals surface area contributed by atoms with Gasteiger partial charge in [0.2, 0.25) is 0 Å². The molecule has 0 aliphatic heterocycles. The number of hydrogen-bond donors (Lipinski definition) is 1. The Labute approximate surface area is 111 Å². The molecule has 1 amide bonds. The van der Waals surface area contributed by atoms with Crippen LogP contribution in [-0.2, 0) is 0 Å². The molecule has 0 fully saturated rings. The van der Waals surface area contributed by atoms with E-state index >= 15 is 0 Å². The van der Waals surface area contributed by atoms with Crippen LogP contribution in [0, 0.1) is 0 Å². The highest BCUT2D eigenvalue weighted by atomic mass is 16.1. The van der Waals surface area contributed by atoms with Crippen LogP contribution in [0.15, 0.2) is 18.2 Å². The molecule has 0 bridgehead atoms. The molecule has 0 heterocycles. The Balaban J connectivity index is 3.15. The van der Waals surface area contributed by atoms with Crippen molar-refractivity contribution < 1.29 is 4.79 Å².